The topological polar surface area (TPSA) is 55.2 Å². The van der Waals surface area contributed by atoms with Gasteiger partial charge in [0, 0.05) is 16.6 Å². The summed E-state index contributed by atoms with van der Waals surface area (Å²) >= 11 is 3.37. The summed E-state index contributed by atoms with van der Waals surface area (Å²) in [5.41, 5.74) is 2.41. The highest BCUT2D eigenvalue weighted by atomic mass is 79.9. The van der Waals surface area contributed by atoms with Gasteiger partial charge >= 0.3 is 0 Å². The summed E-state index contributed by atoms with van der Waals surface area (Å²) in [4.78, 5) is 10.7. The quantitative estimate of drug-likeness (QED) is 0.675. The summed E-state index contributed by atoms with van der Waals surface area (Å²) in [6.45, 7) is 2.29. The average Bonchev–Trinajstić information content (AvgIpc) is 2.37. The van der Waals surface area contributed by atoms with Crippen molar-refractivity contribution in [3.05, 3.63) is 68.2 Å². The first-order valence-corrected chi connectivity index (χ1v) is 6.59. The molecular formula is C14H13BrN2O2. The number of nitro benzene ring substituents is 1. The first-order valence-electron chi connectivity index (χ1n) is 5.80. The van der Waals surface area contributed by atoms with Crippen molar-refractivity contribution in [3.63, 3.8) is 0 Å². The van der Waals surface area contributed by atoms with E-state index in [1.165, 1.54) is 0 Å². The van der Waals surface area contributed by atoms with Crippen LogP contribution in [0.15, 0.2) is 46.9 Å². The highest BCUT2D eigenvalue weighted by Gasteiger charge is 2.16. The van der Waals surface area contributed by atoms with Gasteiger partial charge in [0.15, 0.2) is 0 Å². The van der Waals surface area contributed by atoms with Crippen molar-refractivity contribution < 1.29 is 4.92 Å². The highest BCUT2D eigenvalue weighted by Crippen LogP contribution is 2.28. The van der Waals surface area contributed by atoms with Gasteiger partial charge in [-0.05, 0) is 30.7 Å². The summed E-state index contributed by atoms with van der Waals surface area (Å²) in [5.74, 6) is 0. The van der Waals surface area contributed by atoms with Crippen LogP contribution in [0.3, 0.4) is 0 Å². The minimum Gasteiger partial charge on any atom is -0.375 e. The molecule has 1 N–H and O–H groups in total. The van der Waals surface area contributed by atoms with Gasteiger partial charge in [-0.25, -0.2) is 0 Å². The Morgan fingerprint density at radius 3 is 2.53 bits per heavy atom. The Kier molecular flexibility index (Phi) is 4.16. The lowest BCUT2D eigenvalue weighted by atomic mass is 10.1. The van der Waals surface area contributed by atoms with Crippen molar-refractivity contribution in [2.45, 2.75) is 13.5 Å². The smallest absolute Gasteiger partial charge is 0.295 e. The molecule has 0 bridgehead atoms. The van der Waals surface area contributed by atoms with Crippen molar-refractivity contribution in [3.8, 4) is 0 Å². The first-order chi connectivity index (χ1) is 9.08. The van der Waals surface area contributed by atoms with Crippen LogP contribution in [0.5, 0.6) is 0 Å². The normalized spacial score (nSPS) is 10.2. The number of nitro groups is 1. The van der Waals surface area contributed by atoms with Crippen molar-refractivity contribution >= 4 is 27.3 Å². The molecule has 0 unspecified atom stereocenters. The van der Waals surface area contributed by atoms with E-state index in [9.17, 15) is 10.1 Å². The number of hydrogen-bond donors (Lipinski definition) is 1. The molecule has 4 nitrogen and oxygen atoms in total. The summed E-state index contributed by atoms with van der Waals surface area (Å²) in [6, 6.07) is 13.1. The van der Waals surface area contributed by atoms with Crippen LogP contribution in [-0.4, -0.2) is 4.92 Å². The molecule has 0 amide bonds. The number of anilines is 1. The van der Waals surface area contributed by atoms with Crippen molar-refractivity contribution in [2.75, 3.05) is 5.32 Å². The third-order valence-corrected chi connectivity index (χ3v) is 3.35. The second-order valence-corrected chi connectivity index (χ2v) is 5.12. The lowest BCUT2D eigenvalue weighted by Gasteiger charge is -2.08. The van der Waals surface area contributed by atoms with Gasteiger partial charge in [-0.15, -0.1) is 0 Å². The van der Waals surface area contributed by atoms with Gasteiger partial charge in [-0.1, -0.05) is 40.2 Å². The maximum Gasteiger partial charge on any atom is 0.295 e. The van der Waals surface area contributed by atoms with Crippen LogP contribution in [-0.2, 0) is 6.54 Å². The molecule has 0 aliphatic rings. The van der Waals surface area contributed by atoms with E-state index in [-0.39, 0.29) is 10.6 Å². The van der Waals surface area contributed by atoms with Gasteiger partial charge in [0.2, 0.25) is 0 Å². The van der Waals surface area contributed by atoms with Crippen molar-refractivity contribution in [1.82, 2.24) is 0 Å². The van der Waals surface area contributed by atoms with E-state index in [0.29, 0.717) is 17.8 Å². The number of rotatable bonds is 4. The number of benzene rings is 2. The lowest BCUT2D eigenvalue weighted by molar-refractivity contribution is -0.384. The molecule has 19 heavy (non-hydrogen) atoms. The van der Waals surface area contributed by atoms with Crippen LogP contribution in [0.2, 0.25) is 0 Å². The molecule has 0 atom stereocenters. The lowest BCUT2D eigenvalue weighted by Crippen LogP contribution is -2.03. The van der Waals surface area contributed by atoms with E-state index < -0.39 is 0 Å². The van der Waals surface area contributed by atoms with Gasteiger partial charge in [-0.2, -0.15) is 0 Å². The maximum absolute atomic E-state index is 11.1. The van der Waals surface area contributed by atoms with E-state index >= 15 is 0 Å². The molecule has 0 saturated heterocycles. The largest absolute Gasteiger partial charge is 0.375 e. The molecule has 2 aromatic rings. The van der Waals surface area contributed by atoms with Crippen LogP contribution in [0.25, 0.3) is 0 Å². The van der Waals surface area contributed by atoms with Crippen LogP contribution < -0.4 is 5.32 Å². The van der Waals surface area contributed by atoms with Gasteiger partial charge in [0.1, 0.15) is 5.69 Å². The number of nitrogens with one attached hydrogen (secondary N) is 1. The molecule has 0 aliphatic heterocycles. The standard InChI is InChI=1S/C14H13BrN2O2/c1-10-3-2-4-13(14(10)17(18)19)16-9-11-5-7-12(15)8-6-11/h2-8,16H,9H2,1H3. The Hall–Kier alpha value is -1.88. The average molecular weight is 321 g/mol. The molecule has 5 heteroatoms. The van der Waals surface area contributed by atoms with Gasteiger partial charge in [0.25, 0.3) is 5.69 Å². The second-order valence-electron chi connectivity index (χ2n) is 4.21. The molecule has 0 radical (unpaired) electrons. The molecule has 2 aromatic carbocycles. The Balaban J connectivity index is 2.18. The number of nitrogens with zero attached hydrogens (tertiary/aromatic N) is 1. The molecular weight excluding hydrogens is 308 g/mol. The molecule has 0 aliphatic carbocycles. The number of halogens is 1. The van der Waals surface area contributed by atoms with Crippen LogP contribution in [0.1, 0.15) is 11.1 Å². The monoisotopic (exact) mass is 320 g/mol. The Bertz CT molecular complexity index is 597. The zero-order valence-corrected chi connectivity index (χ0v) is 12.0. The van der Waals surface area contributed by atoms with Crippen molar-refractivity contribution in [2.24, 2.45) is 0 Å². The fraction of sp³-hybridized carbons (Fsp3) is 0.143. The van der Waals surface area contributed by atoms with Crippen LogP contribution in [0, 0.1) is 17.0 Å². The number of aryl methyl sites for hydroxylation is 1. The molecule has 0 heterocycles. The zero-order chi connectivity index (χ0) is 13.8. The van der Waals surface area contributed by atoms with Gasteiger partial charge in [-0.3, -0.25) is 10.1 Å². The van der Waals surface area contributed by atoms with Crippen LogP contribution >= 0.6 is 15.9 Å². The Labute approximate surface area is 119 Å². The molecule has 0 saturated carbocycles. The van der Waals surface area contributed by atoms with E-state index in [2.05, 4.69) is 21.2 Å². The Morgan fingerprint density at radius 2 is 1.89 bits per heavy atom. The highest BCUT2D eigenvalue weighted by molar-refractivity contribution is 9.10. The molecule has 0 aromatic heterocycles. The summed E-state index contributed by atoms with van der Waals surface area (Å²) in [5, 5.41) is 14.2. The predicted molar refractivity (Wildman–Crippen MR) is 79.3 cm³/mol. The van der Waals surface area contributed by atoms with Gasteiger partial charge in [0.05, 0.1) is 4.92 Å². The van der Waals surface area contributed by atoms with Crippen LogP contribution in [0.4, 0.5) is 11.4 Å². The number of para-hydroxylation sites is 1. The maximum atomic E-state index is 11.1. The van der Waals surface area contributed by atoms with E-state index in [1.807, 2.05) is 30.3 Å². The van der Waals surface area contributed by atoms with Crippen molar-refractivity contribution in [1.29, 1.82) is 0 Å². The second kappa shape index (κ2) is 5.84. The first kappa shape index (κ1) is 13.5. The van der Waals surface area contributed by atoms with Gasteiger partial charge < -0.3 is 5.32 Å². The minimum absolute atomic E-state index is 0.139. The SMILES string of the molecule is Cc1cccc(NCc2ccc(Br)cc2)c1[N+](=O)[O-]. The van der Waals surface area contributed by atoms with E-state index in [1.54, 1.807) is 19.1 Å². The molecule has 0 spiro atoms. The third-order valence-electron chi connectivity index (χ3n) is 2.82. The fourth-order valence-corrected chi connectivity index (χ4v) is 2.11. The summed E-state index contributed by atoms with van der Waals surface area (Å²) in [7, 11) is 0. The predicted octanol–water partition coefficient (Wildman–Crippen LogP) is 4.28. The summed E-state index contributed by atoms with van der Waals surface area (Å²) < 4.78 is 1.01. The minimum atomic E-state index is -0.348. The Morgan fingerprint density at radius 1 is 1.21 bits per heavy atom. The molecule has 98 valence electrons. The molecule has 0 fully saturated rings. The summed E-state index contributed by atoms with van der Waals surface area (Å²) in [6.07, 6.45) is 0. The number of hydrogen-bond acceptors (Lipinski definition) is 3. The molecule has 2 rings (SSSR count). The van der Waals surface area contributed by atoms with E-state index in [0.717, 1.165) is 10.0 Å². The third kappa shape index (κ3) is 3.32. The fourth-order valence-electron chi connectivity index (χ4n) is 1.84. The zero-order valence-electron chi connectivity index (χ0n) is 10.4. The van der Waals surface area contributed by atoms with E-state index in [4.69, 9.17) is 0 Å².